The highest BCUT2D eigenvalue weighted by Gasteiger charge is 2.02. The Bertz CT molecular complexity index is 962. The third-order valence-electron chi connectivity index (χ3n) is 4.41. The molecule has 0 spiro atoms. The molecule has 0 aliphatic rings. The van der Waals surface area contributed by atoms with E-state index >= 15 is 0 Å². The van der Waals surface area contributed by atoms with Gasteiger partial charge >= 0.3 is 0 Å². The molecule has 4 heteroatoms. The summed E-state index contributed by atoms with van der Waals surface area (Å²) in [5.74, 6) is 0.916. The van der Waals surface area contributed by atoms with Crippen LogP contribution in [0.25, 0.3) is 11.0 Å². The van der Waals surface area contributed by atoms with Gasteiger partial charge in [0.2, 0.25) is 0 Å². The summed E-state index contributed by atoms with van der Waals surface area (Å²) in [5.41, 5.74) is 4.66. The third kappa shape index (κ3) is 3.91. The van der Waals surface area contributed by atoms with Crippen LogP contribution in [0.1, 0.15) is 17.5 Å². The van der Waals surface area contributed by atoms with Crippen LogP contribution < -0.4 is 4.74 Å². The lowest BCUT2D eigenvalue weighted by molar-refractivity contribution is 0.302. The summed E-state index contributed by atoms with van der Waals surface area (Å²) in [6.45, 7) is 1.55. The largest absolute Gasteiger partial charge is 0.494 e. The van der Waals surface area contributed by atoms with Gasteiger partial charge in [-0.2, -0.15) is 0 Å². The number of benzene rings is 2. The van der Waals surface area contributed by atoms with Gasteiger partial charge in [0.25, 0.3) is 0 Å². The van der Waals surface area contributed by atoms with Crippen molar-refractivity contribution in [2.24, 2.45) is 0 Å². The second kappa shape index (κ2) is 7.83. The predicted molar refractivity (Wildman–Crippen MR) is 103 cm³/mol. The number of hydrogen-bond acceptors (Lipinski definition) is 3. The van der Waals surface area contributed by atoms with Crippen LogP contribution in [-0.2, 0) is 13.0 Å². The molecule has 26 heavy (non-hydrogen) atoms. The van der Waals surface area contributed by atoms with Crippen molar-refractivity contribution < 1.29 is 4.74 Å². The van der Waals surface area contributed by atoms with Crippen LogP contribution in [0.15, 0.2) is 79.4 Å². The Kier molecular flexibility index (Phi) is 4.92. The maximum absolute atomic E-state index is 5.87. The van der Waals surface area contributed by atoms with E-state index in [1.807, 2.05) is 24.7 Å². The first-order valence-electron chi connectivity index (χ1n) is 8.89. The summed E-state index contributed by atoms with van der Waals surface area (Å²) in [7, 11) is 0. The van der Waals surface area contributed by atoms with E-state index in [0.717, 1.165) is 36.2 Å². The van der Waals surface area contributed by atoms with Gasteiger partial charge in [-0.1, -0.05) is 42.5 Å². The van der Waals surface area contributed by atoms with Crippen LogP contribution in [0.3, 0.4) is 0 Å². The Morgan fingerprint density at radius 2 is 1.69 bits per heavy atom. The molecule has 0 N–H and O–H groups in total. The Morgan fingerprint density at radius 1 is 0.885 bits per heavy atom. The van der Waals surface area contributed by atoms with Gasteiger partial charge in [0.15, 0.2) is 0 Å². The van der Waals surface area contributed by atoms with E-state index in [-0.39, 0.29) is 0 Å². The van der Waals surface area contributed by atoms with Crippen molar-refractivity contribution in [2.75, 3.05) is 6.61 Å². The number of imidazole rings is 1. The number of aryl methyl sites for hydroxylation is 1. The number of rotatable bonds is 7. The summed E-state index contributed by atoms with van der Waals surface area (Å²) in [5, 5.41) is 0. The average Bonchev–Trinajstić information content (AvgIpc) is 3.11. The molecule has 0 fully saturated rings. The third-order valence-corrected chi connectivity index (χ3v) is 4.41. The average molecular weight is 343 g/mol. The highest BCUT2D eigenvalue weighted by atomic mass is 16.5. The maximum atomic E-state index is 5.87. The lowest BCUT2D eigenvalue weighted by Gasteiger charge is -2.08. The molecule has 0 unspecified atom stereocenters. The van der Waals surface area contributed by atoms with Crippen molar-refractivity contribution in [2.45, 2.75) is 19.4 Å². The second-order valence-corrected chi connectivity index (χ2v) is 6.31. The quantitative estimate of drug-likeness (QED) is 0.464. The fourth-order valence-electron chi connectivity index (χ4n) is 3.04. The number of ether oxygens (including phenoxy) is 1. The first-order chi connectivity index (χ1) is 12.9. The van der Waals surface area contributed by atoms with Crippen molar-refractivity contribution in [1.29, 1.82) is 0 Å². The van der Waals surface area contributed by atoms with E-state index in [0.29, 0.717) is 6.61 Å². The summed E-state index contributed by atoms with van der Waals surface area (Å²) < 4.78 is 7.99. The summed E-state index contributed by atoms with van der Waals surface area (Å²) in [6, 6.07) is 20.8. The fourth-order valence-corrected chi connectivity index (χ4v) is 3.04. The molecule has 0 aliphatic heterocycles. The molecule has 2 heterocycles. The lowest BCUT2D eigenvalue weighted by Crippen LogP contribution is -2.04. The van der Waals surface area contributed by atoms with Crippen molar-refractivity contribution in [1.82, 2.24) is 14.5 Å². The van der Waals surface area contributed by atoms with Crippen LogP contribution in [0.2, 0.25) is 0 Å². The Hall–Kier alpha value is -3.14. The molecule has 4 rings (SSSR count). The zero-order valence-corrected chi connectivity index (χ0v) is 14.6. The molecule has 0 bridgehead atoms. The molecule has 0 saturated carbocycles. The Morgan fingerprint density at radius 3 is 2.54 bits per heavy atom. The number of hydrogen-bond donors (Lipinski definition) is 0. The molecule has 2 aromatic heterocycles. The van der Waals surface area contributed by atoms with Crippen molar-refractivity contribution in [3.05, 3.63) is 90.5 Å². The number of aromatic nitrogens is 3. The fraction of sp³-hybridized carbons (Fsp3) is 0.182. The van der Waals surface area contributed by atoms with E-state index in [1.165, 1.54) is 11.1 Å². The Labute approximate surface area is 153 Å². The number of fused-ring (bicyclic) bond motifs is 1. The topological polar surface area (TPSA) is 39.9 Å². The molecule has 0 radical (unpaired) electrons. The van der Waals surface area contributed by atoms with E-state index in [9.17, 15) is 0 Å². The maximum Gasteiger partial charge on any atom is 0.119 e. The number of pyridine rings is 1. The zero-order valence-electron chi connectivity index (χ0n) is 14.6. The van der Waals surface area contributed by atoms with Gasteiger partial charge in [0.1, 0.15) is 5.75 Å². The normalized spacial score (nSPS) is 10.9. The van der Waals surface area contributed by atoms with Gasteiger partial charge in [0.05, 0.1) is 30.2 Å². The van der Waals surface area contributed by atoms with Gasteiger partial charge < -0.3 is 9.30 Å². The van der Waals surface area contributed by atoms with Crippen LogP contribution >= 0.6 is 0 Å². The number of nitrogens with zero attached hydrogens (tertiary/aromatic N) is 3. The SMILES string of the molecule is c1ccc(Cc2ccc(OCCCn3cnc4ccncc43)cc2)cc1. The summed E-state index contributed by atoms with van der Waals surface area (Å²) in [6.07, 6.45) is 7.36. The summed E-state index contributed by atoms with van der Waals surface area (Å²) >= 11 is 0. The van der Waals surface area contributed by atoms with Crippen molar-refractivity contribution in [3.8, 4) is 5.75 Å². The standard InChI is InChI=1S/C22H21N3O/c1-2-5-18(6-3-1)15-19-7-9-20(10-8-19)26-14-4-13-25-17-24-21-11-12-23-16-22(21)25/h1-3,5-12,16-17H,4,13-15H2. The smallest absolute Gasteiger partial charge is 0.119 e. The molecule has 130 valence electrons. The van der Waals surface area contributed by atoms with E-state index in [1.54, 1.807) is 6.20 Å². The lowest BCUT2D eigenvalue weighted by atomic mass is 10.1. The molecule has 4 nitrogen and oxygen atoms in total. The molecule has 2 aromatic carbocycles. The van der Waals surface area contributed by atoms with Crippen molar-refractivity contribution >= 4 is 11.0 Å². The van der Waals surface area contributed by atoms with Crippen LogP contribution in [-0.4, -0.2) is 21.1 Å². The van der Waals surface area contributed by atoms with Crippen molar-refractivity contribution in [3.63, 3.8) is 0 Å². The molecule has 0 amide bonds. The summed E-state index contributed by atoms with van der Waals surface area (Å²) in [4.78, 5) is 8.55. The molecule has 0 saturated heterocycles. The van der Waals surface area contributed by atoms with Crippen LogP contribution in [0.4, 0.5) is 0 Å². The minimum Gasteiger partial charge on any atom is -0.494 e. The molecule has 0 atom stereocenters. The van der Waals surface area contributed by atoms with Crippen LogP contribution in [0, 0.1) is 0 Å². The minimum atomic E-state index is 0.679. The van der Waals surface area contributed by atoms with Gasteiger partial charge in [-0.3, -0.25) is 4.98 Å². The monoisotopic (exact) mass is 343 g/mol. The zero-order chi connectivity index (χ0) is 17.6. The molecular formula is C22H21N3O. The van der Waals surface area contributed by atoms with Gasteiger partial charge in [-0.15, -0.1) is 0 Å². The van der Waals surface area contributed by atoms with E-state index < -0.39 is 0 Å². The van der Waals surface area contributed by atoms with Gasteiger partial charge in [-0.25, -0.2) is 4.98 Å². The second-order valence-electron chi connectivity index (χ2n) is 6.31. The minimum absolute atomic E-state index is 0.679. The highest BCUT2D eigenvalue weighted by Crippen LogP contribution is 2.16. The van der Waals surface area contributed by atoms with Gasteiger partial charge in [0, 0.05) is 12.7 Å². The molecule has 4 aromatic rings. The predicted octanol–water partition coefficient (Wildman–Crippen LogP) is 4.49. The van der Waals surface area contributed by atoms with E-state index in [2.05, 4.69) is 63.1 Å². The van der Waals surface area contributed by atoms with E-state index in [4.69, 9.17) is 4.74 Å². The Balaban J connectivity index is 1.27. The highest BCUT2D eigenvalue weighted by molar-refractivity contribution is 5.73. The molecular weight excluding hydrogens is 322 g/mol. The molecule has 0 aliphatic carbocycles. The first kappa shape index (κ1) is 16.3. The first-order valence-corrected chi connectivity index (χ1v) is 8.89. The van der Waals surface area contributed by atoms with Gasteiger partial charge in [-0.05, 0) is 42.2 Å². The van der Waals surface area contributed by atoms with Crippen LogP contribution in [0.5, 0.6) is 5.75 Å².